The summed E-state index contributed by atoms with van der Waals surface area (Å²) in [6.07, 6.45) is 0. The Bertz CT molecular complexity index is 1010. The highest BCUT2D eigenvalue weighted by Gasteiger charge is 2.19. The molecule has 8 heteroatoms. The second-order valence-electron chi connectivity index (χ2n) is 7.20. The van der Waals surface area contributed by atoms with Gasteiger partial charge < -0.3 is 20.1 Å². The van der Waals surface area contributed by atoms with Crippen molar-refractivity contribution in [3.05, 3.63) is 59.7 Å². The number of benzene rings is 2. The summed E-state index contributed by atoms with van der Waals surface area (Å²) in [6.45, 7) is 5.74. The van der Waals surface area contributed by atoms with Gasteiger partial charge in [-0.05, 0) is 48.9 Å². The Morgan fingerprint density at radius 3 is 2.48 bits per heavy atom. The van der Waals surface area contributed by atoms with Crippen LogP contribution in [0.25, 0.3) is 11.0 Å². The van der Waals surface area contributed by atoms with Crippen LogP contribution in [0, 0.1) is 12.7 Å². The van der Waals surface area contributed by atoms with E-state index in [2.05, 4.69) is 44.5 Å². The number of piperazine rings is 1. The van der Waals surface area contributed by atoms with Gasteiger partial charge in [0.25, 0.3) is 0 Å². The first kappa shape index (κ1) is 21.4. The van der Waals surface area contributed by atoms with Crippen molar-refractivity contribution >= 4 is 46.7 Å². The number of guanidine groups is 1. The number of nitrogens with zero attached hydrogens (tertiary/aromatic N) is 5. The molecule has 0 amide bonds. The zero-order chi connectivity index (χ0) is 19.7. The van der Waals surface area contributed by atoms with Crippen LogP contribution in [0.1, 0.15) is 11.4 Å². The highest BCUT2D eigenvalue weighted by Crippen LogP contribution is 2.18. The van der Waals surface area contributed by atoms with Crippen molar-refractivity contribution in [1.82, 2.24) is 14.5 Å². The molecule has 1 saturated heterocycles. The molecule has 0 saturated carbocycles. The van der Waals surface area contributed by atoms with Crippen LogP contribution in [0.2, 0.25) is 0 Å². The van der Waals surface area contributed by atoms with E-state index in [9.17, 15) is 4.39 Å². The Balaban J connectivity index is 0.00000240. The van der Waals surface area contributed by atoms with Gasteiger partial charge in [0.2, 0.25) is 0 Å². The van der Waals surface area contributed by atoms with Crippen LogP contribution in [-0.4, -0.2) is 46.6 Å². The molecule has 6 nitrogen and oxygen atoms in total. The average molecular weight is 508 g/mol. The number of aromatic nitrogens is 2. The fraction of sp³-hybridized carbons (Fsp3) is 0.333. The Labute approximate surface area is 187 Å². The molecule has 2 aromatic carbocycles. The summed E-state index contributed by atoms with van der Waals surface area (Å²) in [5, 5.41) is 0. The largest absolute Gasteiger partial charge is 0.370 e. The van der Waals surface area contributed by atoms with E-state index in [0.717, 1.165) is 48.7 Å². The third-order valence-electron chi connectivity index (χ3n) is 5.31. The summed E-state index contributed by atoms with van der Waals surface area (Å²) >= 11 is 0. The van der Waals surface area contributed by atoms with Gasteiger partial charge >= 0.3 is 0 Å². The van der Waals surface area contributed by atoms with E-state index in [1.165, 1.54) is 17.7 Å². The van der Waals surface area contributed by atoms with Crippen LogP contribution in [0.5, 0.6) is 0 Å². The van der Waals surface area contributed by atoms with Crippen LogP contribution in [-0.2, 0) is 13.6 Å². The van der Waals surface area contributed by atoms with Gasteiger partial charge in [-0.25, -0.2) is 14.4 Å². The number of aliphatic imine (C=N–C) groups is 1. The monoisotopic (exact) mass is 508 g/mol. The third-order valence-corrected chi connectivity index (χ3v) is 5.31. The van der Waals surface area contributed by atoms with Crippen molar-refractivity contribution in [1.29, 1.82) is 0 Å². The van der Waals surface area contributed by atoms with Crippen LogP contribution in [0.3, 0.4) is 0 Å². The van der Waals surface area contributed by atoms with E-state index in [1.807, 2.05) is 19.2 Å². The molecule has 1 aliphatic heterocycles. The molecule has 0 atom stereocenters. The molecule has 0 unspecified atom stereocenters. The van der Waals surface area contributed by atoms with Crippen molar-refractivity contribution in [2.45, 2.75) is 13.5 Å². The van der Waals surface area contributed by atoms with Crippen molar-refractivity contribution in [3.63, 3.8) is 0 Å². The number of imidazole rings is 1. The fourth-order valence-electron chi connectivity index (χ4n) is 3.60. The predicted octanol–water partition coefficient (Wildman–Crippen LogP) is 3.28. The number of fused-ring (bicyclic) bond motifs is 1. The maximum Gasteiger partial charge on any atom is 0.191 e. The lowest BCUT2D eigenvalue weighted by molar-refractivity contribution is 0.380. The number of hydrogen-bond acceptors (Lipinski definition) is 3. The average Bonchev–Trinajstić information content (AvgIpc) is 3.01. The maximum atomic E-state index is 13.1. The molecule has 3 aromatic rings. The first-order chi connectivity index (χ1) is 13.5. The Morgan fingerprint density at radius 1 is 1.10 bits per heavy atom. The summed E-state index contributed by atoms with van der Waals surface area (Å²) in [4.78, 5) is 13.6. The highest BCUT2D eigenvalue weighted by molar-refractivity contribution is 14.0. The number of halogens is 2. The Morgan fingerprint density at radius 2 is 1.79 bits per heavy atom. The molecule has 1 aliphatic rings. The van der Waals surface area contributed by atoms with E-state index in [-0.39, 0.29) is 29.8 Å². The Hall–Kier alpha value is -2.36. The molecule has 0 spiro atoms. The number of hydrogen-bond donors (Lipinski definition) is 1. The second kappa shape index (κ2) is 8.98. The quantitative estimate of drug-likeness (QED) is 0.335. The molecular formula is C21H26FIN6. The molecule has 0 bridgehead atoms. The fourth-order valence-corrected chi connectivity index (χ4v) is 3.60. The van der Waals surface area contributed by atoms with Crippen molar-refractivity contribution < 1.29 is 4.39 Å². The van der Waals surface area contributed by atoms with Gasteiger partial charge in [-0.3, -0.25) is 0 Å². The molecule has 0 radical (unpaired) electrons. The first-order valence-electron chi connectivity index (χ1n) is 9.48. The molecule has 2 N–H and O–H groups in total. The lowest BCUT2D eigenvalue weighted by Crippen LogP contribution is -2.51. The molecule has 29 heavy (non-hydrogen) atoms. The first-order valence-corrected chi connectivity index (χ1v) is 9.48. The number of aryl methyl sites for hydroxylation is 2. The number of anilines is 1. The number of rotatable bonds is 3. The lowest BCUT2D eigenvalue weighted by atomic mass is 10.2. The normalized spacial score (nSPS) is 14.9. The van der Waals surface area contributed by atoms with Gasteiger partial charge in [0.05, 0.1) is 11.0 Å². The van der Waals surface area contributed by atoms with E-state index >= 15 is 0 Å². The third kappa shape index (κ3) is 4.63. The van der Waals surface area contributed by atoms with E-state index in [0.29, 0.717) is 12.5 Å². The van der Waals surface area contributed by atoms with E-state index in [4.69, 9.17) is 10.7 Å². The van der Waals surface area contributed by atoms with Gasteiger partial charge in [-0.1, -0.05) is 6.07 Å². The zero-order valence-electron chi connectivity index (χ0n) is 16.7. The standard InChI is InChI=1S/C21H25FN6.HI/c1-15-3-8-19-18(13-15)25-20(26(19)2)14-24-21(23)28-11-9-27(10-12-28)17-6-4-16(22)5-7-17;/h3-8,13H,9-12,14H2,1-2H3,(H2,23,24);1H. The van der Waals surface area contributed by atoms with Crippen molar-refractivity contribution in [2.75, 3.05) is 31.1 Å². The van der Waals surface area contributed by atoms with Crippen LogP contribution < -0.4 is 10.6 Å². The minimum atomic E-state index is -0.212. The molecule has 1 fully saturated rings. The van der Waals surface area contributed by atoms with Crippen LogP contribution in [0.4, 0.5) is 10.1 Å². The van der Waals surface area contributed by atoms with Gasteiger partial charge in [-0.2, -0.15) is 0 Å². The van der Waals surface area contributed by atoms with E-state index in [1.54, 1.807) is 0 Å². The molecule has 0 aliphatic carbocycles. The van der Waals surface area contributed by atoms with Gasteiger partial charge in [0, 0.05) is 38.9 Å². The SMILES string of the molecule is Cc1ccc2c(c1)nc(CN=C(N)N1CCN(c3ccc(F)cc3)CC1)n2C.I. The van der Waals surface area contributed by atoms with Gasteiger partial charge in [0.1, 0.15) is 18.2 Å². The van der Waals surface area contributed by atoms with Crippen molar-refractivity contribution in [3.8, 4) is 0 Å². The smallest absolute Gasteiger partial charge is 0.191 e. The summed E-state index contributed by atoms with van der Waals surface area (Å²) < 4.78 is 15.2. The van der Waals surface area contributed by atoms with Crippen molar-refractivity contribution in [2.24, 2.45) is 17.8 Å². The second-order valence-corrected chi connectivity index (χ2v) is 7.20. The lowest BCUT2D eigenvalue weighted by Gasteiger charge is -2.36. The molecule has 154 valence electrons. The molecule has 2 heterocycles. The molecule has 1 aromatic heterocycles. The van der Waals surface area contributed by atoms with Gasteiger partial charge in [0.15, 0.2) is 5.96 Å². The minimum Gasteiger partial charge on any atom is -0.370 e. The van der Waals surface area contributed by atoms with Gasteiger partial charge in [-0.15, -0.1) is 24.0 Å². The predicted molar refractivity (Wildman–Crippen MR) is 126 cm³/mol. The molecular weight excluding hydrogens is 482 g/mol. The summed E-state index contributed by atoms with van der Waals surface area (Å²) in [5.41, 5.74) is 10.6. The molecule has 4 rings (SSSR count). The maximum absolute atomic E-state index is 13.1. The summed E-state index contributed by atoms with van der Waals surface area (Å²) in [7, 11) is 2.01. The summed E-state index contributed by atoms with van der Waals surface area (Å²) in [6, 6.07) is 12.9. The minimum absolute atomic E-state index is 0. The summed E-state index contributed by atoms with van der Waals surface area (Å²) in [5.74, 6) is 1.23. The highest BCUT2D eigenvalue weighted by atomic mass is 127. The Kier molecular flexibility index (Phi) is 6.61. The van der Waals surface area contributed by atoms with Crippen LogP contribution in [0.15, 0.2) is 47.5 Å². The number of nitrogens with two attached hydrogens (primary N) is 1. The zero-order valence-corrected chi connectivity index (χ0v) is 19.0. The van der Waals surface area contributed by atoms with Crippen LogP contribution >= 0.6 is 24.0 Å². The van der Waals surface area contributed by atoms with E-state index < -0.39 is 0 Å². The topological polar surface area (TPSA) is 62.7 Å².